The van der Waals surface area contributed by atoms with E-state index in [-0.39, 0.29) is 6.42 Å². The fraction of sp³-hybridized carbons (Fsp3) is 0.478. The Balaban J connectivity index is 2.14. The van der Waals surface area contributed by atoms with Crippen LogP contribution in [0.4, 0.5) is 8.78 Å². The van der Waals surface area contributed by atoms with E-state index in [0.717, 1.165) is 20.8 Å². The van der Waals surface area contributed by atoms with Gasteiger partial charge in [-0.2, -0.15) is 12.8 Å². The van der Waals surface area contributed by atoms with Gasteiger partial charge in [0.05, 0.1) is 0 Å². The van der Waals surface area contributed by atoms with Gasteiger partial charge in [0.2, 0.25) is 18.2 Å². The maximum absolute atomic E-state index is 15.5. The summed E-state index contributed by atoms with van der Waals surface area (Å²) in [4.78, 5) is 47.4. The van der Waals surface area contributed by atoms with Gasteiger partial charge in [-0.05, 0) is 18.1 Å². The van der Waals surface area contributed by atoms with Crippen LogP contribution in [0.25, 0.3) is 11.0 Å². The first-order valence-electron chi connectivity index (χ1n) is 11.3. The minimum Gasteiger partial charge on any atom is -0.456 e. The fourth-order valence-electron chi connectivity index (χ4n) is 4.09. The lowest BCUT2D eigenvalue weighted by atomic mass is 9.96. The summed E-state index contributed by atoms with van der Waals surface area (Å²) in [5.74, 6) is -7.94. The van der Waals surface area contributed by atoms with Crippen LogP contribution in [0, 0.1) is 11.6 Å². The van der Waals surface area contributed by atoms with E-state index in [1.54, 1.807) is 6.92 Å². The number of hydrogen-bond acceptors (Lipinski definition) is 12. The minimum atomic E-state index is -4.70. The van der Waals surface area contributed by atoms with Crippen molar-refractivity contribution in [3.63, 3.8) is 0 Å². The molecule has 0 bridgehead atoms. The van der Waals surface area contributed by atoms with E-state index in [1.807, 2.05) is 0 Å². The first kappa shape index (κ1) is 29.9. The molecule has 214 valence electrons. The van der Waals surface area contributed by atoms with Crippen LogP contribution in [0.3, 0.4) is 0 Å². The lowest BCUT2D eigenvalue weighted by molar-refractivity contribution is -0.284. The summed E-state index contributed by atoms with van der Waals surface area (Å²) in [7, 11) is -4.70. The number of rotatable bonds is 8. The molecule has 3 rings (SSSR count). The van der Waals surface area contributed by atoms with Crippen LogP contribution in [-0.4, -0.2) is 61.6 Å². The molecule has 1 aliphatic rings. The predicted molar refractivity (Wildman–Crippen MR) is 124 cm³/mol. The second-order valence-corrected chi connectivity index (χ2v) is 9.94. The number of carbonyl (C=O) groups excluding carboxylic acids is 3. The molecule has 0 aliphatic carbocycles. The van der Waals surface area contributed by atoms with E-state index in [1.165, 1.54) is 0 Å². The molecule has 0 spiro atoms. The van der Waals surface area contributed by atoms with Gasteiger partial charge in [-0.3, -0.25) is 18.9 Å². The van der Waals surface area contributed by atoms with Crippen LogP contribution >= 0.6 is 0 Å². The van der Waals surface area contributed by atoms with Crippen LogP contribution in [0.1, 0.15) is 39.7 Å². The van der Waals surface area contributed by atoms with Crippen molar-refractivity contribution in [2.75, 3.05) is 0 Å². The maximum Gasteiger partial charge on any atom is 0.336 e. The molecule has 39 heavy (non-hydrogen) atoms. The largest absolute Gasteiger partial charge is 0.456 e. The quantitative estimate of drug-likeness (QED) is 0.207. The van der Waals surface area contributed by atoms with Gasteiger partial charge in [-0.1, -0.05) is 6.92 Å². The standard InChI is InChI=1S/C23H24F2O13S/c1-5-15-20(33-9(2)26)21(34-10(3)27)22(35-11(4)28)23(36-15)38-19-14(24)7-13-12(8-39(30,31)32)6-16(29)37-18(13)17(19)25/h6-7,15,20-23H,5,8H2,1-4H3,(H,30,31,32)/t15?,20-,21-,22?,23+/m1/s1. The lowest BCUT2D eigenvalue weighted by Gasteiger charge is -2.44. The number of carbonyl (C=O) groups is 3. The van der Waals surface area contributed by atoms with E-state index < -0.39 is 104 Å². The Labute approximate surface area is 219 Å². The molecule has 0 amide bonds. The smallest absolute Gasteiger partial charge is 0.336 e. The first-order chi connectivity index (χ1) is 18.1. The van der Waals surface area contributed by atoms with Crippen LogP contribution in [0.15, 0.2) is 21.3 Å². The van der Waals surface area contributed by atoms with E-state index in [2.05, 4.69) is 0 Å². The minimum absolute atomic E-state index is 0.110. The first-order valence-corrected chi connectivity index (χ1v) is 13.0. The monoisotopic (exact) mass is 578 g/mol. The molecule has 1 aliphatic heterocycles. The topological polar surface area (TPSA) is 182 Å². The second-order valence-electron chi connectivity index (χ2n) is 8.49. The molecule has 1 saturated heterocycles. The summed E-state index contributed by atoms with van der Waals surface area (Å²) in [6.07, 6.45) is -7.33. The summed E-state index contributed by atoms with van der Waals surface area (Å²) in [6, 6.07) is 1.24. The van der Waals surface area contributed by atoms with Gasteiger partial charge in [-0.25, -0.2) is 9.18 Å². The van der Waals surface area contributed by atoms with Crippen molar-refractivity contribution in [2.45, 2.75) is 70.6 Å². The molecular weight excluding hydrogens is 554 g/mol. The highest BCUT2D eigenvalue weighted by molar-refractivity contribution is 7.85. The van der Waals surface area contributed by atoms with Gasteiger partial charge in [0.25, 0.3) is 10.1 Å². The van der Waals surface area contributed by atoms with Crippen LogP contribution in [0.5, 0.6) is 5.75 Å². The van der Waals surface area contributed by atoms with Gasteiger partial charge < -0.3 is 28.1 Å². The lowest BCUT2D eigenvalue weighted by Crippen LogP contribution is -2.62. The third kappa shape index (κ3) is 7.07. The molecule has 1 fully saturated rings. The van der Waals surface area contributed by atoms with Gasteiger partial charge in [0.15, 0.2) is 29.4 Å². The Morgan fingerprint density at radius 1 is 0.974 bits per heavy atom. The average molecular weight is 578 g/mol. The second kappa shape index (κ2) is 11.6. The summed E-state index contributed by atoms with van der Waals surface area (Å²) in [5, 5.41) is -0.491. The third-order valence-corrected chi connectivity index (χ3v) is 6.12. The molecule has 1 N–H and O–H groups in total. The Bertz CT molecular complexity index is 1450. The number of benzene rings is 1. The molecule has 1 aromatic heterocycles. The summed E-state index contributed by atoms with van der Waals surface area (Å²) < 4.78 is 94.0. The van der Waals surface area contributed by atoms with E-state index in [9.17, 15) is 27.6 Å². The summed E-state index contributed by atoms with van der Waals surface area (Å²) >= 11 is 0. The zero-order valence-corrected chi connectivity index (χ0v) is 21.8. The highest BCUT2D eigenvalue weighted by Gasteiger charge is 2.52. The highest BCUT2D eigenvalue weighted by atomic mass is 32.2. The number of hydrogen-bond donors (Lipinski definition) is 1. The van der Waals surface area contributed by atoms with Crippen molar-refractivity contribution in [3.05, 3.63) is 39.8 Å². The van der Waals surface area contributed by atoms with E-state index >= 15 is 8.78 Å². The van der Waals surface area contributed by atoms with E-state index in [4.69, 9.17) is 32.7 Å². The molecular formula is C23H24F2O13S. The van der Waals surface area contributed by atoms with Crippen molar-refractivity contribution >= 4 is 39.0 Å². The molecule has 5 atom stereocenters. The summed E-state index contributed by atoms with van der Waals surface area (Å²) in [6.45, 7) is 4.68. The SMILES string of the molecule is CCC1O[C@@H](Oc2c(F)cc3c(CS(=O)(=O)O)cc(=O)oc3c2F)C(OC(C)=O)[C@H](OC(C)=O)[C@@H]1OC(C)=O. The van der Waals surface area contributed by atoms with Crippen molar-refractivity contribution in [2.24, 2.45) is 0 Å². The molecule has 2 unspecified atom stereocenters. The van der Waals surface area contributed by atoms with Crippen molar-refractivity contribution in [1.82, 2.24) is 0 Å². The third-order valence-electron chi connectivity index (χ3n) is 5.44. The fourth-order valence-corrected chi connectivity index (χ4v) is 4.72. The molecule has 2 heterocycles. The van der Waals surface area contributed by atoms with Gasteiger partial charge in [0, 0.05) is 32.2 Å². The van der Waals surface area contributed by atoms with Gasteiger partial charge in [0.1, 0.15) is 11.9 Å². The maximum atomic E-state index is 15.5. The predicted octanol–water partition coefficient (Wildman–Crippen LogP) is 1.77. The number of ether oxygens (including phenoxy) is 5. The van der Waals surface area contributed by atoms with Crippen molar-refractivity contribution in [1.29, 1.82) is 0 Å². The van der Waals surface area contributed by atoms with Gasteiger partial charge in [-0.15, -0.1) is 0 Å². The highest BCUT2D eigenvalue weighted by Crippen LogP contribution is 2.36. The number of halogens is 2. The number of esters is 3. The van der Waals surface area contributed by atoms with Crippen LogP contribution < -0.4 is 10.4 Å². The Morgan fingerprint density at radius 2 is 1.54 bits per heavy atom. The molecule has 0 radical (unpaired) electrons. The molecule has 2 aromatic rings. The summed E-state index contributed by atoms with van der Waals surface area (Å²) in [5.41, 5.74) is -2.57. The Morgan fingerprint density at radius 3 is 2.08 bits per heavy atom. The zero-order chi connectivity index (χ0) is 29.2. The van der Waals surface area contributed by atoms with Crippen molar-refractivity contribution in [3.8, 4) is 5.75 Å². The van der Waals surface area contributed by atoms with Crippen LogP contribution in [-0.2, 0) is 49.2 Å². The molecule has 16 heteroatoms. The van der Waals surface area contributed by atoms with Crippen molar-refractivity contribution < 1.29 is 64.2 Å². The average Bonchev–Trinajstić information content (AvgIpc) is 2.78. The normalized spacial score (nSPS) is 23.2. The van der Waals surface area contributed by atoms with Gasteiger partial charge >= 0.3 is 23.5 Å². The molecule has 0 saturated carbocycles. The Kier molecular flexibility index (Phi) is 8.92. The number of fused-ring (bicyclic) bond motifs is 1. The Hall–Kier alpha value is -3.63. The van der Waals surface area contributed by atoms with E-state index in [0.29, 0.717) is 12.1 Å². The molecule has 13 nitrogen and oxygen atoms in total. The molecule has 1 aromatic carbocycles. The zero-order valence-electron chi connectivity index (χ0n) is 21.0. The van der Waals surface area contributed by atoms with Crippen LogP contribution in [0.2, 0.25) is 0 Å².